The van der Waals surface area contributed by atoms with Gasteiger partial charge in [-0.1, -0.05) is 49.7 Å². The van der Waals surface area contributed by atoms with Crippen LogP contribution in [0.5, 0.6) is 0 Å². The van der Waals surface area contributed by atoms with Crippen molar-refractivity contribution in [1.82, 2.24) is 14.8 Å². The number of carbonyl (C=O) groups is 2. The van der Waals surface area contributed by atoms with Crippen LogP contribution in [0, 0.1) is 5.92 Å². The van der Waals surface area contributed by atoms with Gasteiger partial charge < -0.3 is 15.0 Å². The fraction of sp³-hybridized carbons (Fsp3) is 0.440. The number of fused-ring (bicyclic) bond motifs is 3. The van der Waals surface area contributed by atoms with E-state index in [0.717, 1.165) is 41.1 Å². The van der Waals surface area contributed by atoms with Crippen LogP contribution in [0.3, 0.4) is 0 Å². The third-order valence-electron chi connectivity index (χ3n) is 7.25. The number of urea groups is 1. The van der Waals surface area contributed by atoms with Gasteiger partial charge in [0.1, 0.15) is 5.54 Å². The van der Waals surface area contributed by atoms with Gasteiger partial charge in [0.05, 0.1) is 19.2 Å². The molecule has 3 amide bonds. The smallest absolute Gasteiger partial charge is 0.325 e. The van der Waals surface area contributed by atoms with Gasteiger partial charge in [0.25, 0.3) is 5.91 Å². The maximum absolute atomic E-state index is 13.2. The molecule has 0 bridgehead atoms. The molecular weight excluding hydrogens is 390 g/mol. The SMILES string of the molecule is CCC1CCC2(CC1)NC(=O)N(C[C@@H](O)Cn1c3ccccc3c3ccccc31)C2=O. The van der Waals surface area contributed by atoms with Crippen LogP contribution in [0.2, 0.25) is 0 Å². The van der Waals surface area contributed by atoms with Crippen LogP contribution in [-0.4, -0.2) is 44.7 Å². The number of para-hydroxylation sites is 2. The zero-order chi connectivity index (χ0) is 21.6. The molecule has 162 valence electrons. The van der Waals surface area contributed by atoms with Crippen molar-refractivity contribution in [3.05, 3.63) is 48.5 Å². The van der Waals surface area contributed by atoms with Crippen LogP contribution < -0.4 is 5.32 Å². The molecular formula is C25H29N3O3. The van der Waals surface area contributed by atoms with Crippen molar-refractivity contribution in [3.8, 4) is 0 Å². The molecule has 1 saturated heterocycles. The van der Waals surface area contributed by atoms with Gasteiger partial charge in [-0.3, -0.25) is 9.69 Å². The van der Waals surface area contributed by atoms with Crippen molar-refractivity contribution in [3.63, 3.8) is 0 Å². The molecule has 2 fully saturated rings. The number of β-amino-alcohol motifs (C(OH)–C–C–N with tert-alkyl or cyclic N) is 1. The molecule has 2 aromatic carbocycles. The molecule has 1 aliphatic heterocycles. The number of hydrogen-bond donors (Lipinski definition) is 2. The number of aromatic nitrogens is 1. The molecule has 2 N–H and O–H groups in total. The summed E-state index contributed by atoms with van der Waals surface area (Å²) in [5, 5.41) is 16.1. The summed E-state index contributed by atoms with van der Waals surface area (Å²) in [7, 11) is 0. The third kappa shape index (κ3) is 3.30. The van der Waals surface area contributed by atoms with Crippen LogP contribution in [-0.2, 0) is 11.3 Å². The summed E-state index contributed by atoms with van der Waals surface area (Å²) in [5.74, 6) is 0.457. The van der Waals surface area contributed by atoms with Gasteiger partial charge in [-0.2, -0.15) is 0 Å². The molecule has 5 rings (SSSR count). The van der Waals surface area contributed by atoms with Gasteiger partial charge in [-0.15, -0.1) is 0 Å². The lowest BCUT2D eigenvalue weighted by atomic mass is 9.75. The maximum atomic E-state index is 13.2. The molecule has 1 aromatic heterocycles. The summed E-state index contributed by atoms with van der Waals surface area (Å²) < 4.78 is 2.08. The van der Waals surface area contributed by atoms with Gasteiger partial charge in [0.15, 0.2) is 0 Å². The van der Waals surface area contributed by atoms with Crippen LogP contribution in [0.25, 0.3) is 21.8 Å². The van der Waals surface area contributed by atoms with E-state index in [4.69, 9.17) is 0 Å². The van der Waals surface area contributed by atoms with E-state index in [1.54, 1.807) is 0 Å². The van der Waals surface area contributed by atoms with Crippen molar-refractivity contribution in [2.24, 2.45) is 5.92 Å². The van der Waals surface area contributed by atoms with Gasteiger partial charge in [-0.05, 0) is 43.7 Å². The minimum absolute atomic E-state index is 0.00442. The number of nitrogens with zero attached hydrogens (tertiary/aromatic N) is 2. The second-order valence-electron chi connectivity index (χ2n) is 9.08. The molecule has 0 unspecified atom stereocenters. The Hall–Kier alpha value is -2.86. The lowest BCUT2D eigenvalue weighted by Crippen LogP contribution is -2.50. The quantitative estimate of drug-likeness (QED) is 0.613. The van der Waals surface area contributed by atoms with Crippen LogP contribution >= 0.6 is 0 Å². The summed E-state index contributed by atoms with van der Waals surface area (Å²) in [6, 6.07) is 15.8. The van der Waals surface area contributed by atoms with E-state index >= 15 is 0 Å². The van der Waals surface area contributed by atoms with E-state index in [9.17, 15) is 14.7 Å². The molecule has 2 aliphatic rings. The molecule has 2 heterocycles. The molecule has 3 aromatic rings. The molecule has 6 heteroatoms. The average molecular weight is 420 g/mol. The number of aliphatic hydroxyl groups is 1. The number of benzene rings is 2. The van der Waals surface area contributed by atoms with E-state index in [1.165, 1.54) is 4.90 Å². The molecule has 1 atom stereocenters. The van der Waals surface area contributed by atoms with E-state index < -0.39 is 11.6 Å². The molecule has 1 aliphatic carbocycles. The lowest BCUT2D eigenvalue weighted by molar-refractivity contribution is -0.133. The largest absolute Gasteiger partial charge is 0.389 e. The Morgan fingerprint density at radius 1 is 1.00 bits per heavy atom. The Morgan fingerprint density at radius 3 is 2.16 bits per heavy atom. The van der Waals surface area contributed by atoms with E-state index in [-0.39, 0.29) is 18.5 Å². The summed E-state index contributed by atoms with van der Waals surface area (Å²) in [6.45, 7) is 2.50. The minimum Gasteiger partial charge on any atom is -0.389 e. The number of amides is 3. The molecule has 31 heavy (non-hydrogen) atoms. The highest BCUT2D eigenvalue weighted by molar-refractivity contribution is 6.08. The summed E-state index contributed by atoms with van der Waals surface area (Å²) in [5.41, 5.74) is 1.30. The predicted molar refractivity (Wildman–Crippen MR) is 121 cm³/mol. The fourth-order valence-electron chi connectivity index (χ4n) is 5.44. The van der Waals surface area contributed by atoms with Crippen molar-refractivity contribution < 1.29 is 14.7 Å². The molecule has 1 saturated carbocycles. The van der Waals surface area contributed by atoms with Crippen LogP contribution in [0.1, 0.15) is 39.0 Å². The highest BCUT2D eigenvalue weighted by atomic mass is 16.3. The number of hydrogen-bond acceptors (Lipinski definition) is 3. The Balaban J connectivity index is 1.36. The Morgan fingerprint density at radius 2 is 1.58 bits per heavy atom. The Kier molecular flexibility index (Phi) is 4.97. The first-order valence-corrected chi connectivity index (χ1v) is 11.3. The van der Waals surface area contributed by atoms with Crippen molar-refractivity contribution in [2.45, 2.75) is 57.2 Å². The summed E-state index contributed by atoms with van der Waals surface area (Å²) >= 11 is 0. The zero-order valence-electron chi connectivity index (χ0n) is 17.9. The minimum atomic E-state index is -0.851. The summed E-state index contributed by atoms with van der Waals surface area (Å²) in [6.07, 6.45) is 3.56. The van der Waals surface area contributed by atoms with Crippen molar-refractivity contribution >= 4 is 33.7 Å². The lowest BCUT2D eigenvalue weighted by Gasteiger charge is -2.34. The second kappa shape index (κ2) is 7.68. The number of nitrogens with one attached hydrogen (secondary N) is 1. The van der Waals surface area contributed by atoms with Gasteiger partial charge >= 0.3 is 6.03 Å². The molecule has 0 radical (unpaired) electrons. The first-order valence-electron chi connectivity index (χ1n) is 11.3. The van der Waals surface area contributed by atoms with E-state index in [2.05, 4.69) is 28.9 Å². The standard InChI is InChI=1S/C25H29N3O3/c1-2-17-11-13-25(14-12-17)23(30)28(24(31)26-25)16-18(29)15-27-21-9-5-3-7-19(21)20-8-4-6-10-22(20)27/h3-10,17-18,29H,2,11-16H2,1H3,(H,26,31)/t17?,18-,25?/m0/s1. The average Bonchev–Trinajstić information content (AvgIpc) is 3.22. The highest BCUT2D eigenvalue weighted by Gasteiger charge is 2.52. The maximum Gasteiger partial charge on any atom is 0.325 e. The van der Waals surface area contributed by atoms with E-state index in [1.807, 2.05) is 36.4 Å². The van der Waals surface area contributed by atoms with E-state index in [0.29, 0.717) is 25.3 Å². The highest BCUT2D eigenvalue weighted by Crippen LogP contribution is 2.37. The zero-order valence-corrected chi connectivity index (χ0v) is 17.9. The first kappa shape index (κ1) is 20.1. The number of aliphatic hydroxyl groups excluding tert-OH is 1. The number of imide groups is 1. The van der Waals surface area contributed by atoms with Crippen LogP contribution in [0.4, 0.5) is 4.79 Å². The topological polar surface area (TPSA) is 74.6 Å². The van der Waals surface area contributed by atoms with Gasteiger partial charge in [0.2, 0.25) is 0 Å². The molecule has 6 nitrogen and oxygen atoms in total. The predicted octanol–water partition coefficient (Wildman–Crippen LogP) is 4.05. The number of rotatable bonds is 5. The number of carbonyl (C=O) groups excluding carboxylic acids is 2. The Labute approximate surface area is 181 Å². The second-order valence-corrected chi connectivity index (χ2v) is 9.08. The third-order valence-corrected chi connectivity index (χ3v) is 7.25. The van der Waals surface area contributed by atoms with Crippen molar-refractivity contribution in [1.29, 1.82) is 0 Å². The fourth-order valence-corrected chi connectivity index (χ4v) is 5.44. The first-order chi connectivity index (χ1) is 15.0. The Bertz CT molecular complexity index is 1090. The van der Waals surface area contributed by atoms with Gasteiger partial charge in [0, 0.05) is 21.8 Å². The molecule has 1 spiro atoms. The van der Waals surface area contributed by atoms with Crippen molar-refractivity contribution in [2.75, 3.05) is 6.54 Å². The summed E-state index contributed by atoms with van der Waals surface area (Å²) in [4.78, 5) is 27.1. The monoisotopic (exact) mass is 419 g/mol. The van der Waals surface area contributed by atoms with Gasteiger partial charge in [-0.25, -0.2) is 4.79 Å². The van der Waals surface area contributed by atoms with Crippen LogP contribution in [0.15, 0.2) is 48.5 Å². The normalized spacial score (nSPS) is 25.0.